The van der Waals surface area contributed by atoms with Gasteiger partial charge in [0.2, 0.25) is 5.91 Å². The van der Waals surface area contributed by atoms with Crippen LogP contribution in [0.15, 0.2) is 91.0 Å². The molecule has 3 amide bonds. The monoisotopic (exact) mass is 881 g/mol. The van der Waals surface area contributed by atoms with Crippen LogP contribution in [0.5, 0.6) is 11.5 Å². The number of carbonyl (C=O) groups is 3. The molecule has 0 saturated carbocycles. The van der Waals surface area contributed by atoms with Crippen LogP contribution >= 0.6 is 0 Å². The first-order chi connectivity index (χ1) is 30.1. The molecule has 1 spiro atoms. The SMILES string of the molecule is COc1ccc([Si](C)(C)[C@@H]2[C@@H](CC(=O)N3Cc4ccccc4C[C@H]3CO)O[C@]3(C(=O)N(Cc4ccc(NC(=O)[C@H]5O[C@@H](O)[C@H](O)[C@@H](O)[C@@H]5O)cc4)c4ccc(OC)cc43)[C@H]2C)cc1. The van der Waals surface area contributed by atoms with E-state index in [9.17, 15) is 35.1 Å². The van der Waals surface area contributed by atoms with Gasteiger partial charge in [-0.2, -0.15) is 0 Å². The summed E-state index contributed by atoms with van der Waals surface area (Å²) in [6.07, 6.45) is -9.01. The van der Waals surface area contributed by atoms with Gasteiger partial charge in [0.05, 0.1) is 59.7 Å². The third-order valence-corrected chi connectivity index (χ3v) is 18.1. The minimum absolute atomic E-state index is 0.00317. The molecule has 6 N–H and O–H groups in total. The summed E-state index contributed by atoms with van der Waals surface area (Å²) < 4.78 is 23.5. The summed E-state index contributed by atoms with van der Waals surface area (Å²) in [5.41, 5.74) is 2.73. The maximum atomic E-state index is 15.4. The maximum absolute atomic E-state index is 15.4. The van der Waals surface area contributed by atoms with Crippen LogP contribution in [0.3, 0.4) is 0 Å². The van der Waals surface area contributed by atoms with Crippen molar-refractivity contribution in [3.8, 4) is 11.5 Å². The van der Waals surface area contributed by atoms with E-state index in [0.717, 1.165) is 22.1 Å². The molecule has 334 valence electrons. The molecular formula is C47H55N3O12Si. The summed E-state index contributed by atoms with van der Waals surface area (Å²) in [7, 11) is 0.566. The van der Waals surface area contributed by atoms with E-state index in [1.807, 2.05) is 48.5 Å². The van der Waals surface area contributed by atoms with E-state index in [1.165, 1.54) is 0 Å². The Hall–Kier alpha value is -5.17. The number of methoxy groups -OCH3 is 2. The number of benzene rings is 4. The van der Waals surface area contributed by atoms with E-state index in [2.05, 4.69) is 37.5 Å². The average Bonchev–Trinajstić information content (AvgIpc) is 3.71. The molecule has 4 heterocycles. The summed E-state index contributed by atoms with van der Waals surface area (Å²) in [5.74, 6) is -0.423. The Morgan fingerprint density at radius 2 is 1.54 bits per heavy atom. The topological polar surface area (TPSA) is 208 Å². The number of ether oxygens (including phenoxy) is 4. The molecule has 4 aromatic rings. The Morgan fingerprint density at radius 3 is 2.21 bits per heavy atom. The molecule has 15 nitrogen and oxygen atoms in total. The normalized spacial score (nSPS) is 29.0. The molecule has 0 aliphatic carbocycles. The van der Waals surface area contributed by atoms with Crippen LogP contribution in [0.25, 0.3) is 0 Å². The van der Waals surface area contributed by atoms with Crippen LogP contribution in [-0.2, 0) is 49.0 Å². The Morgan fingerprint density at radius 1 is 0.873 bits per heavy atom. The zero-order valence-electron chi connectivity index (χ0n) is 35.9. The van der Waals surface area contributed by atoms with Crippen molar-refractivity contribution < 1.29 is 58.9 Å². The van der Waals surface area contributed by atoms with Crippen molar-refractivity contribution in [2.45, 2.75) is 99.9 Å². The van der Waals surface area contributed by atoms with E-state index >= 15 is 4.79 Å². The zero-order chi connectivity index (χ0) is 45.0. The fourth-order valence-electron chi connectivity index (χ4n) is 10.3. The van der Waals surface area contributed by atoms with Crippen molar-refractivity contribution in [3.05, 3.63) is 113 Å². The highest BCUT2D eigenvalue weighted by Crippen LogP contribution is 2.60. The van der Waals surface area contributed by atoms with Crippen molar-refractivity contribution in [2.75, 3.05) is 31.0 Å². The lowest BCUT2D eigenvalue weighted by Crippen LogP contribution is -2.60. The summed E-state index contributed by atoms with van der Waals surface area (Å²) in [5, 5.41) is 54.4. The van der Waals surface area contributed by atoms with Crippen molar-refractivity contribution in [1.82, 2.24) is 4.90 Å². The lowest BCUT2D eigenvalue weighted by atomic mass is 9.82. The van der Waals surface area contributed by atoms with Gasteiger partial charge < -0.3 is 59.6 Å². The van der Waals surface area contributed by atoms with Gasteiger partial charge in [-0.05, 0) is 71.1 Å². The van der Waals surface area contributed by atoms with Crippen LogP contribution in [0.4, 0.5) is 11.4 Å². The summed E-state index contributed by atoms with van der Waals surface area (Å²) in [6, 6.07) is 27.8. The molecule has 0 unspecified atom stereocenters. The Balaban J connectivity index is 1.11. The minimum Gasteiger partial charge on any atom is -0.497 e. The number of nitrogens with zero attached hydrogens (tertiary/aromatic N) is 2. The van der Waals surface area contributed by atoms with Gasteiger partial charge in [-0.15, -0.1) is 0 Å². The number of anilines is 2. The van der Waals surface area contributed by atoms with Crippen LogP contribution < -0.4 is 24.9 Å². The van der Waals surface area contributed by atoms with Gasteiger partial charge in [-0.25, -0.2) is 0 Å². The molecule has 0 bridgehead atoms. The number of fused-ring (bicyclic) bond motifs is 3. The highest BCUT2D eigenvalue weighted by atomic mass is 28.3. The second-order valence-electron chi connectivity index (χ2n) is 17.6. The van der Waals surface area contributed by atoms with Gasteiger partial charge in [0.15, 0.2) is 18.0 Å². The molecule has 63 heavy (non-hydrogen) atoms. The van der Waals surface area contributed by atoms with Crippen LogP contribution in [0.2, 0.25) is 18.6 Å². The number of carbonyl (C=O) groups excluding carboxylic acids is 3. The number of amides is 3. The Labute approximate surface area is 366 Å². The minimum atomic E-state index is -2.62. The highest BCUT2D eigenvalue weighted by Gasteiger charge is 2.66. The molecule has 8 rings (SSSR count). The molecule has 4 aliphatic heterocycles. The number of rotatable bonds is 11. The van der Waals surface area contributed by atoms with Gasteiger partial charge in [0.25, 0.3) is 11.8 Å². The van der Waals surface area contributed by atoms with Gasteiger partial charge >= 0.3 is 0 Å². The lowest BCUT2D eigenvalue weighted by molar-refractivity contribution is -0.274. The van der Waals surface area contributed by atoms with Gasteiger partial charge in [0.1, 0.15) is 29.8 Å². The van der Waals surface area contributed by atoms with Crippen LogP contribution in [-0.4, -0.2) is 120 Å². The third-order valence-electron chi connectivity index (χ3n) is 13.7. The van der Waals surface area contributed by atoms with Crippen molar-refractivity contribution in [1.29, 1.82) is 0 Å². The number of nitrogens with one attached hydrogen (secondary N) is 1. The van der Waals surface area contributed by atoms with Gasteiger partial charge in [-0.1, -0.05) is 73.7 Å². The summed E-state index contributed by atoms with van der Waals surface area (Å²) >= 11 is 0. The largest absolute Gasteiger partial charge is 0.497 e. The fourth-order valence-corrected chi connectivity index (χ4v) is 14.3. The van der Waals surface area contributed by atoms with E-state index in [0.29, 0.717) is 41.2 Å². The molecule has 0 radical (unpaired) electrons. The summed E-state index contributed by atoms with van der Waals surface area (Å²) in [4.78, 5) is 46.5. The quantitative estimate of drug-likeness (QED) is 0.120. The van der Waals surface area contributed by atoms with Crippen molar-refractivity contribution >= 4 is 42.4 Å². The molecule has 16 heteroatoms. The molecule has 2 fully saturated rings. The third kappa shape index (κ3) is 7.82. The second kappa shape index (κ2) is 17.4. The van der Waals surface area contributed by atoms with E-state index < -0.39 is 68.4 Å². The van der Waals surface area contributed by atoms with E-state index in [1.54, 1.807) is 54.4 Å². The molecule has 10 atom stereocenters. The standard InChI is InChI=1S/C47H55N3O12Si/c1-26-43(63(4,5)34-17-14-32(59-2)15-18-34)37(22-38(52)49-24-29-9-7-6-8-28(29)20-31(49)25-51)62-47(26)35-21-33(60-3)16-19-36(35)50(46(47)58)23-27-10-12-30(13-11-27)48-44(56)42-40(54)39(53)41(55)45(57)61-42/h6-19,21,26,31,37,39-43,45,51,53-55,57H,20,22-25H2,1-5H3,(H,48,56)/t26-,31-,37+,39-,40-,41+,42-,43-,45+,47+/m0/s1. The number of hydrogen-bond donors (Lipinski definition) is 6. The van der Waals surface area contributed by atoms with E-state index in [-0.39, 0.29) is 36.9 Å². The van der Waals surface area contributed by atoms with Crippen molar-refractivity contribution in [3.63, 3.8) is 0 Å². The lowest BCUT2D eigenvalue weighted by Gasteiger charge is -2.39. The van der Waals surface area contributed by atoms with E-state index in [4.69, 9.17) is 18.9 Å². The predicted molar refractivity (Wildman–Crippen MR) is 234 cm³/mol. The van der Waals surface area contributed by atoms with Gasteiger partial charge in [0, 0.05) is 23.7 Å². The number of aliphatic hydroxyl groups excluding tert-OH is 5. The fraction of sp³-hybridized carbons (Fsp3) is 0.426. The first-order valence-electron chi connectivity index (χ1n) is 21.2. The molecule has 2 saturated heterocycles. The van der Waals surface area contributed by atoms with Crippen molar-refractivity contribution in [2.24, 2.45) is 5.92 Å². The Bertz CT molecular complexity index is 2350. The zero-order valence-corrected chi connectivity index (χ0v) is 36.9. The first kappa shape index (κ1) is 44.4. The maximum Gasteiger partial charge on any atom is 0.264 e. The molecule has 4 aromatic carbocycles. The molecular weight excluding hydrogens is 827 g/mol. The molecule has 4 aliphatic rings. The first-order valence-corrected chi connectivity index (χ1v) is 24.3. The predicted octanol–water partition coefficient (Wildman–Crippen LogP) is 2.54. The molecule has 0 aromatic heterocycles. The van der Waals surface area contributed by atoms with Crippen LogP contribution in [0, 0.1) is 5.92 Å². The summed E-state index contributed by atoms with van der Waals surface area (Å²) in [6.45, 7) is 6.86. The number of aliphatic hydroxyl groups is 5. The smallest absolute Gasteiger partial charge is 0.264 e. The van der Waals surface area contributed by atoms with Gasteiger partial charge in [-0.3, -0.25) is 14.4 Å². The average molecular weight is 882 g/mol. The number of hydrogen-bond acceptors (Lipinski definition) is 12. The Kier molecular flexibility index (Phi) is 12.3. The van der Waals surface area contributed by atoms with Crippen LogP contribution in [0.1, 0.15) is 35.6 Å². The highest BCUT2D eigenvalue weighted by molar-refractivity contribution is 6.91. The second-order valence-corrected chi connectivity index (χ2v) is 22.3.